The highest BCUT2D eigenvalue weighted by Crippen LogP contribution is 2.39. The third kappa shape index (κ3) is 5.77. The maximum Gasteiger partial charge on any atom is 0.338 e. The molecule has 0 N–H and O–H groups in total. The summed E-state index contributed by atoms with van der Waals surface area (Å²) in [5.41, 5.74) is 1.74. The Bertz CT molecular complexity index is 1130. The molecule has 0 atom stereocenters. The van der Waals surface area contributed by atoms with Crippen molar-refractivity contribution in [3.8, 4) is 11.5 Å². The van der Waals surface area contributed by atoms with Crippen LogP contribution in [0.1, 0.15) is 22.8 Å². The smallest absolute Gasteiger partial charge is 0.338 e. The average molecular weight is 487 g/mol. The molecule has 1 amide bonds. The topological polar surface area (TPSA) is 77.4 Å². The number of amides is 1. The molecule has 7 nitrogen and oxygen atoms in total. The number of carbonyl (C=O) groups excluding carboxylic acids is 2. The summed E-state index contributed by atoms with van der Waals surface area (Å²) in [6, 6.07) is 10.1. The number of halogens is 1. The summed E-state index contributed by atoms with van der Waals surface area (Å²) in [6.45, 7) is 5.97. The largest absolute Gasteiger partial charge is 0.493 e. The first kappa shape index (κ1) is 24.4. The third-order valence-corrected chi connectivity index (χ3v) is 5.84. The second kappa shape index (κ2) is 11.1. The Morgan fingerprint density at radius 3 is 2.64 bits per heavy atom. The fourth-order valence-electron chi connectivity index (χ4n) is 2.91. The van der Waals surface area contributed by atoms with Crippen molar-refractivity contribution in [1.82, 2.24) is 4.90 Å². The highest BCUT2D eigenvalue weighted by Gasteiger charge is 2.30. The number of aliphatic imine (C=N–C) groups is 1. The number of carbonyl (C=O) groups is 2. The number of amidine groups is 1. The van der Waals surface area contributed by atoms with Crippen molar-refractivity contribution < 1.29 is 23.8 Å². The Kier molecular flexibility index (Phi) is 8.19. The molecule has 0 saturated carbocycles. The zero-order valence-corrected chi connectivity index (χ0v) is 20.0. The maximum atomic E-state index is 12.8. The van der Waals surface area contributed by atoms with Gasteiger partial charge in [-0.05, 0) is 66.7 Å². The average Bonchev–Trinajstić information content (AvgIpc) is 3.06. The molecule has 0 bridgehead atoms. The van der Waals surface area contributed by atoms with Crippen molar-refractivity contribution in [2.75, 3.05) is 27.4 Å². The predicted octanol–water partition coefficient (Wildman–Crippen LogP) is 5.32. The Hall–Kier alpha value is -3.23. The molecule has 0 aromatic heterocycles. The fraction of sp³-hybridized carbons (Fsp3) is 0.208. The van der Waals surface area contributed by atoms with E-state index in [0.717, 1.165) is 0 Å². The third-order valence-electron chi connectivity index (χ3n) is 4.50. The number of ether oxygens (including phenoxy) is 3. The van der Waals surface area contributed by atoms with E-state index in [4.69, 9.17) is 25.8 Å². The van der Waals surface area contributed by atoms with Crippen LogP contribution in [0.4, 0.5) is 5.69 Å². The first-order valence-electron chi connectivity index (χ1n) is 10.0. The van der Waals surface area contributed by atoms with Crippen LogP contribution in [0, 0.1) is 0 Å². The molecule has 1 saturated heterocycles. The zero-order valence-electron chi connectivity index (χ0n) is 18.5. The van der Waals surface area contributed by atoms with E-state index in [-0.39, 0.29) is 18.5 Å². The van der Waals surface area contributed by atoms with Crippen LogP contribution in [-0.2, 0) is 9.53 Å². The van der Waals surface area contributed by atoms with Crippen molar-refractivity contribution in [2.45, 2.75) is 6.92 Å². The molecule has 2 aromatic rings. The Morgan fingerprint density at radius 2 is 2.00 bits per heavy atom. The summed E-state index contributed by atoms with van der Waals surface area (Å²) in [5, 5.41) is 0.876. The van der Waals surface area contributed by atoms with E-state index >= 15 is 0 Å². The molecule has 1 aliphatic rings. The lowest BCUT2D eigenvalue weighted by atomic mass is 10.2. The Morgan fingerprint density at radius 1 is 1.27 bits per heavy atom. The van der Waals surface area contributed by atoms with Gasteiger partial charge in [0.1, 0.15) is 6.61 Å². The number of methoxy groups -OCH3 is 1. The van der Waals surface area contributed by atoms with Gasteiger partial charge in [0.15, 0.2) is 16.7 Å². The van der Waals surface area contributed by atoms with Crippen molar-refractivity contribution >= 4 is 52.2 Å². The van der Waals surface area contributed by atoms with Crippen LogP contribution in [0.3, 0.4) is 0 Å². The van der Waals surface area contributed by atoms with Crippen LogP contribution in [-0.4, -0.2) is 49.3 Å². The van der Waals surface area contributed by atoms with Gasteiger partial charge < -0.3 is 14.2 Å². The number of thioether (sulfide) groups is 1. The monoisotopic (exact) mass is 486 g/mol. The summed E-state index contributed by atoms with van der Waals surface area (Å²) in [7, 11) is 3.17. The molecule has 2 aromatic carbocycles. The molecular weight excluding hydrogens is 464 g/mol. The van der Waals surface area contributed by atoms with Crippen LogP contribution in [0.15, 0.2) is 59.0 Å². The lowest BCUT2D eigenvalue weighted by molar-refractivity contribution is -0.121. The molecule has 9 heteroatoms. The van der Waals surface area contributed by atoms with Crippen LogP contribution in [0.5, 0.6) is 11.5 Å². The minimum atomic E-state index is -0.389. The molecule has 1 aliphatic heterocycles. The quantitative estimate of drug-likeness (QED) is 0.285. The van der Waals surface area contributed by atoms with Gasteiger partial charge in [-0.25, -0.2) is 9.79 Å². The van der Waals surface area contributed by atoms with E-state index in [1.165, 1.54) is 23.8 Å². The highest BCUT2D eigenvalue weighted by molar-refractivity contribution is 8.18. The van der Waals surface area contributed by atoms with Crippen LogP contribution < -0.4 is 9.47 Å². The van der Waals surface area contributed by atoms with E-state index in [0.29, 0.717) is 50.0 Å². The van der Waals surface area contributed by atoms with Gasteiger partial charge in [0.2, 0.25) is 0 Å². The maximum absolute atomic E-state index is 12.8. The van der Waals surface area contributed by atoms with Crippen molar-refractivity contribution in [3.63, 3.8) is 0 Å². The van der Waals surface area contributed by atoms with Gasteiger partial charge in [-0.3, -0.25) is 9.69 Å². The molecule has 0 radical (unpaired) electrons. The van der Waals surface area contributed by atoms with E-state index in [9.17, 15) is 9.59 Å². The van der Waals surface area contributed by atoms with Gasteiger partial charge in [0, 0.05) is 7.05 Å². The van der Waals surface area contributed by atoms with Gasteiger partial charge in [-0.2, -0.15) is 0 Å². The standard InChI is InChI=1S/C24H23ClN2O5S/c1-5-11-32-21-18(25)12-15(13-19(21)30-4)14-20-22(28)27(3)24(33-20)26-17-9-7-16(8-10-17)23(29)31-6-2/h5,7-10,12-14H,1,6,11H2,2-4H3/b20-14-,26-24?. The number of rotatable bonds is 8. The lowest BCUT2D eigenvalue weighted by Crippen LogP contribution is -2.23. The number of likely N-dealkylation sites (N-methyl/N-ethyl adjacent to an activating group) is 1. The second-order valence-corrected chi connectivity index (χ2v) is 8.19. The number of benzene rings is 2. The number of hydrogen-bond donors (Lipinski definition) is 0. The summed E-state index contributed by atoms with van der Waals surface area (Å²) < 4.78 is 15.9. The summed E-state index contributed by atoms with van der Waals surface area (Å²) >= 11 is 7.60. The zero-order chi connectivity index (χ0) is 24.0. The molecule has 1 fully saturated rings. The van der Waals surface area contributed by atoms with Gasteiger partial charge >= 0.3 is 5.97 Å². The summed E-state index contributed by atoms with van der Waals surface area (Å²) in [4.78, 5) is 31.1. The van der Waals surface area contributed by atoms with Gasteiger partial charge in [-0.15, -0.1) is 0 Å². The molecule has 172 valence electrons. The van der Waals surface area contributed by atoms with E-state index in [2.05, 4.69) is 11.6 Å². The Labute approximate surface area is 201 Å². The molecule has 1 heterocycles. The van der Waals surface area contributed by atoms with Crippen molar-refractivity contribution in [2.24, 2.45) is 4.99 Å². The van der Waals surface area contributed by atoms with Crippen LogP contribution in [0.2, 0.25) is 5.02 Å². The normalized spacial score (nSPS) is 15.8. The second-order valence-electron chi connectivity index (χ2n) is 6.77. The minimum absolute atomic E-state index is 0.191. The van der Waals surface area contributed by atoms with Crippen LogP contribution >= 0.6 is 23.4 Å². The number of esters is 1. The predicted molar refractivity (Wildman–Crippen MR) is 132 cm³/mol. The van der Waals surface area contributed by atoms with Gasteiger partial charge in [0.05, 0.1) is 34.9 Å². The number of hydrogen-bond acceptors (Lipinski definition) is 7. The first-order valence-corrected chi connectivity index (χ1v) is 11.2. The highest BCUT2D eigenvalue weighted by atomic mass is 35.5. The van der Waals surface area contributed by atoms with Crippen LogP contribution in [0.25, 0.3) is 6.08 Å². The minimum Gasteiger partial charge on any atom is -0.493 e. The van der Waals surface area contributed by atoms with Gasteiger partial charge in [0.25, 0.3) is 5.91 Å². The molecule has 33 heavy (non-hydrogen) atoms. The molecule has 0 aliphatic carbocycles. The van der Waals surface area contributed by atoms with Gasteiger partial charge in [-0.1, -0.05) is 24.3 Å². The summed E-state index contributed by atoms with van der Waals surface area (Å²) in [6.07, 6.45) is 3.34. The van der Waals surface area contributed by atoms with E-state index in [1.807, 2.05) is 0 Å². The molecule has 0 spiro atoms. The SMILES string of the molecule is C=CCOc1c(Cl)cc(/C=C2\SC(=Nc3ccc(C(=O)OCC)cc3)N(C)C2=O)cc1OC. The van der Waals surface area contributed by atoms with E-state index in [1.54, 1.807) is 62.5 Å². The fourth-order valence-corrected chi connectivity index (χ4v) is 4.17. The van der Waals surface area contributed by atoms with E-state index < -0.39 is 0 Å². The number of nitrogens with zero attached hydrogens (tertiary/aromatic N) is 2. The van der Waals surface area contributed by atoms with Crippen molar-refractivity contribution in [3.05, 3.63) is 70.1 Å². The Balaban J connectivity index is 1.84. The lowest BCUT2D eigenvalue weighted by Gasteiger charge is -2.12. The van der Waals surface area contributed by atoms with Crippen molar-refractivity contribution in [1.29, 1.82) is 0 Å². The first-order chi connectivity index (χ1) is 15.9. The molecule has 3 rings (SSSR count). The molecule has 0 unspecified atom stereocenters. The summed E-state index contributed by atoms with van der Waals surface area (Å²) in [5.74, 6) is 0.288. The molecular formula is C24H23ClN2O5S.